The highest BCUT2D eigenvalue weighted by atomic mass is 19.1. The van der Waals surface area contributed by atoms with Crippen LogP contribution in [0.25, 0.3) is 11.5 Å². The Morgan fingerprint density at radius 2 is 1.82 bits per heavy atom. The number of nitro groups is 1. The van der Waals surface area contributed by atoms with Crippen LogP contribution in [0.1, 0.15) is 42.7 Å². The molecule has 0 bridgehead atoms. The molecule has 2 aromatic carbocycles. The van der Waals surface area contributed by atoms with Crippen molar-refractivity contribution in [2.24, 2.45) is 0 Å². The van der Waals surface area contributed by atoms with Gasteiger partial charge in [-0.15, -0.1) is 0 Å². The van der Waals surface area contributed by atoms with Crippen LogP contribution >= 0.6 is 0 Å². The van der Waals surface area contributed by atoms with Gasteiger partial charge in [0, 0.05) is 23.3 Å². The Kier molecular flexibility index (Phi) is 7.54. The molecule has 4 rings (SSSR count). The van der Waals surface area contributed by atoms with Gasteiger partial charge in [0.05, 0.1) is 37.5 Å². The van der Waals surface area contributed by atoms with Crippen LogP contribution in [-0.4, -0.2) is 29.2 Å². The summed E-state index contributed by atoms with van der Waals surface area (Å²) < 4.78 is 36.4. The summed E-state index contributed by atoms with van der Waals surface area (Å²) in [5.41, 5.74) is 2.07. The molecule has 2 unspecified atom stereocenters. The van der Waals surface area contributed by atoms with Gasteiger partial charge in [0.15, 0.2) is 0 Å². The van der Waals surface area contributed by atoms with E-state index in [1.165, 1.54) is 31.4 Å². The molecule has 0 saturated heterocycles. The topological polar surface area (TPSA) is 96.9 Å². The maximum atomic E-state index is 13.2. The van der Waals surface area contributed by atoms with Crippen LogP contribution in [0.4, 0.5) is 10.1 Å². The Hall–Kier alpha value is -3.30. The maximum absolute atomic E-state index is 13.2. The summed E-state index contributed by atoms with van der Waals surface area (Å²) in [6.07, 6.45) is 3.49. The Labute approximate surface area is 196 Å². The molecule has 0 radical (unpaired) electrons. The lowest BCUT2D eigenvalue weighted by Gasteiger charge is -2.29. The number of ether oxygens (including phenoxy) is 3. The molecule has 0 spiro atoms. The molecule has 1 aliphatic rings. The zero-order valence-electron chi connectivity index (χ0n) is 19.2. The molecule has 2 atom stereocenters. The summed E-state index contributed by atoms with van der Waals surface area (Å²) in [6, 6.07) is 10.5. The fourth-order valence-corrected chi connectivity index (χ4v) is 4.08. The lowest BCUT2D eigenvalue weighted by molar-refractivity contribution is -0.385. The van der Waals surface area contributed by atoms with Crippen LogP contribution in [0.3, 0.4) is 0 Å². The number of rotatable bonds is 9. The molecule has 180 valence electrons. The van der Waals surface area contributed by atoms with Gasteiger partial charge in [-0.2, -0.15) is 0 Å². The number of nitro benzene ring substituents is 1. The number of nitrogens with zero attached hydrogens (tertiary/aromatic N) is 2. The van der Waals surface area contributed by atoms with E-state index in [1.54, 1.807) is 18.2 Å². The lowest BCUT2D eigenvalue weighted by Crippen LogP contribution is -2.28. The first-order valence-corrected chi connectivity index (χ1v) is 11.2. The van der Waals surface area contributed by atoms with Gasteiger partial charge in [-0.1, -0.05) is 0 Å². The fourth-order valence-electron chi connectivity index (χ4n) is 4.08. The highest BCUT2D eigenvalue weighted by Crippen LogP contribution is 2.29. The molecule has 1 saturated carbocycles. The molecule has 1 fully saturated rings. The predicted octanol–water partition coefficient (Wildman–Crippen LogP) is 5.75. The van der Waals surface area contributed by atoms with Crippen molar-refractivity contribution >= 4 is 5.69 Å². The van der Waals surface area contributed by atoms with Gasteiger partial charge < -0.3 is 18.6 Å². The number of oxazole rings is 1. The van der Waals surface area contributed by atoms with E-state index < -0.39 is 4.92 Å². The van der Waals surface area contributed by atoms with E-state index in [4.69, 9.17) is 18.6 Å². The van der Waals surface area contributed by atoms with E-state index >= 15 is 0 Å². The number of hydrogen-bond donors (Lipinski definition) is 0. The summed E-state index contributed by atoms with van der Waals surface area (Å²) in [6.45, 7) is 2.37. The second kappa shape index (κ2) is 10.8. The monoisotopic (exact) mass is 470 g/mol. The molecule has 0 N–H and O–H groups in total. The van der Waals surface area contributed by atoms with E-state index in [9.17, 15) is 14.5 Å². The third-order valence-corrected chi connectivity index (χ3v) is 5.97. The minimum absolute atomic E-state index is 0.00671. The van der Waals surface area contributed by atoms with E-state index in [0.717, 1.165) is 25.7 Å². The van der Waals surface area contributed by atoms with Gasteiger partial charge in [0.25, 0.3) is 5.69 Å². The Morgan fingerprint density at radius 3 is 2.50 bits per heavy atom. The number of aryl methyl sites for hydroxylation is 1. The molecular weight excluding hydrogens is 443 g/mol. The minimum atomic E-state index is -0.430. The zero-order valence-corrected chi connectivity index (χ0v) is 19.2. The van der Waals surface area contributed by atoms with Gasteiger partial charge in [0.2, 0.25) is 5.89 Å². The van der Waals surface area contributed by atoms with Gasteiger partial charge in [0.1, 0.15) is 23.0 Å². The van der Waals surface area contributed by atoms with Gasteiger partial charge in [-0.25, -0.2) is 9.37 Å². The Morgan fingerprint density at radius 1 is 1.12 bits per heavy atom. The van der Waals surface area contributed by atoms with E-state index in [1.807, 2.05) is 6.92 Å². The number of non-ortho nitro benzene ring substituents is 1. The van der Waals surface area contributed by atoms with Crippen molar-refractivity contribution in [1.82, 2.24) is 4.98 Å². The zero-order chi connectivity index (χ0) is 24.1. The normalized spacial score (nSPS) is 18.1. The summed E-state index contributed by atoms with van der Waals surface area (Å²) in [5, 5.41) is 11.1. The van der Waals surface area contributed by atoms with Gasteiger partial charge >= 0.3 is 0 Å². The second-order valence-corrected chi connectivity index (χ2v) is 8.31. The second-order valence-electron chi connectivity index (χ2n) is 8.31. The smallest absolute Gasteiger partial charge is 0.270 e. The van der Waals surface area contributed by atoms with Crippen molar-refractivity contribution in [2.45, 2.75) is 58.0 Å². The van der Waals surface area contributed by atoms with Crippen molar-refractivity contribution in [3.8, 4) is 17.2 Å². The van der Waals surface area contributed by atoms with Crippen molar-refractivity contribution in [2.75, 3.05) is 7.11 Å². The van der Waals surface area contributed by atoms with Gasteiger partial charge in [-0.3, -0.25) is 10.1 Å². The maximum Gasteiger partial charge on any atom is 0.270 e. The predicted molar refractivity (Wildman–Crippen MR) is 122 cm³/mol. The van der Waals surface area contributed by atoms with Crippen LogP contribution < -0.4 is 4.74 Å². The summed E-state index contributed by atoms with van der Waals surface area (Å²) in [7, 11) is 1.53. The summed E-state index contributed by atoms with van der Waals surface area (Å²) in [4.78, 5) is 15.2. The standard InChI is InChI=1S/C25H27FN2O6/c1-16-23(27-25(34-16)17-6-8-19(26)9-7-17)15-33-22-5-3-4-21(13-22)32-14-18-12-20(28(29)30)10-11-24(18)31-2/h6-12,21-22H,3-5,13-15H2,1-2H3. The third kappa shape index (κ3) is 5.78. The fraction of sp³-hybridized carbons (Fsp3) is 0.400. The minimum Gasteiger partial charge on any atom is -0.496 e. The first-order chi connectivity index (χ1) is 16.4. The van der Waals surface area contributed by atoms with Crippen molar-refractivity contribution in [3.05, 3.63) is 75.4 Å². The number of benzene rings is 2. The van der Waals surface area contributed by atoms with E-state index in [2.05, 4.69) is 4.98 Å². The quantitative estimate of drug-likeness (QED) is 0.290. The van der Waals surface area contributed by atoms with Crippen molar-refractivity contribution < 1.29 is 27.9 Å². The molecule has 34 heavy (non-hydrogen) atoms. The highest BCUT2D eigenvalue weighted by molar-refractivity contribution is 5.53. The van der Waals surface area contributed by atoms with Crippen LogP contribution in [0.15, 0.2) is 46.9 Å². The molecule has 1 aromatic heterocycles. The Bertz CT molecular complexity index is 1130. The number of halogens is 1. The number of hydrogen-bond acceptors (Lipinski definition) is 7. The first-order valence-electron chi connectivity index (χ1n) is 11.2. The molecule has 0 amide bonds. The average molecular weight is 470 g/mol. The van der Waals surface area contributed by atoms with Crippen LogP contribution in [-0.2, 0) is 22.7 Å². The van der Waals surface area contributed by atoms with Crippen LogP contribution in [0.2, 0.25) is 0 Å². The number of aromatic nitrogens is 1. The molecule has 8 nitrogen and oxygen atoms in total. The highest BCUT2D eigenvalue weighted by Gasteiger charge is 2.25. The summed E-state index contributed by atoms with van der Waals surface area (Å²) in [5.74, 6) is 1.36. The van der Waals surface area contributed by atoms with Gasteiger partial charge in [-0.05, 0) is 62.9 Å². The SMILES string of the molecule is COc1ccc([N+](=O)[O-])cc1COC1CCCC(OCc2nc(-c3ccc(F)cc3)oc2C)C1. The third-order valence-electron chi connectivity index (χ3n) is 5.97. The van der Waals surface area contributed by atoms with Crippen molar-refractivity contribution in [3.63, 3.8) is 0 Å². The molecule has 9 heteroatoms. The Balaban J connectivity index is 1.32. The van der Waals surface area contributed by atoms with Crippen LogP contribution in [0, 0.1) is 22.9 Å². The van der Waals surface area contributed by atoms with Crippen molar-refractivity contribution in [1.29, 1.82) is 0 Å². The molecule has 3 aromatic rings. The molecule has 0 aliphatic heterocycles. The molecule has 1 aliphatic carbocycles. The molecular formula is C25H27FN2O6. The molecule has 1 heterocycles. The first kappa shape index (κ1) is 23.8. The average Bonchev–Trinajstić information content (AvgIpc) is 3.22. The van der Waals surface area contributed by atoms with E-state index in [0.29, 0.717) is 40.8 Å². The lowest BCUT2D eigenvalue weighted by atomic mass is 9.95. The van der Waals surface area contributed by atoms with Crippen LogP contribution in [0.5, 0.6) is 5.75 Å². The summed E-state index contributed by atoms with van der Waals surface area (Å²) >= 11 is 0. The number of methoxy groups -OCH3 is 1. The van der Waals surface area contributed by atoms with E-state index in [-0.39, 0.29) is 30.3 Å². The largest absolute Gasteiger partial charge is 0.496 e.